The smallest absolute Gasteiger partial charge is 0.433 e. The molecule has 0 aliphatic carbocycles. The molecule has 0 aliphatic rings. The zero-order valence-corrected chi connectivity index (χ0v) is 14.6. The molecule has 27 heavy (non-hydrogen) atoms. The second kappa shape index (κ2) is 6.90. The maximum atomic E-state index is 12.8. The van der Waals surface area contributed by atoms with Gasteiger partial charge in [0, 0.05) is 7.05 Å². The standard InChI is InChI=1S/C18H16F3N3O3/c1-11-5-3-4-6-13(11)27-10-9-24-16(25)12-7-8-14(18(19,20)21)22-15(12)23(2)17(24)26/h3-8H,9-10H2,1-2H3. The number of aromatic nitrogens is 3. The van der Waals surface area contributed by atoms with Crippen LogP contribution in [-0.4, -0.2) is 20.7 Å². The number of fused-ring (bicyclic) bond motifs is 1. The van der Waals surface area contributed by atoms with Gasteiger partial charge < -0.3 is 4.74 Å². The molecule has 142 valence electrons. The van der Waals surface area contributed by atoms with E-state index >= 15 is 0 Å². The summed E-state index contributed by atoms with van der Waals surface area (Å²) in [5.41, 5.74) is -2.03. The van der Waals surface area contributed by atoms with Crippen molar-refractivity contribution < 1.29 is 17.9 Å². The Morgan fingerprint density at radius 2 is 1.81 bits per heavy atom. The predicted octanol–water partition coefficient (Wildman–Crippen LogP) is 2.50. The number of ether oxygens (including phenoxy) is 1. The second-order valence-corrected chi connectivity index (χ2v) is 5.98. The average Bonchev–Trinajstić information content (AvgIpc) is 2.63. The van der Waals surface area contributed by atoms with Crippen molar-refractivity contribution in [3.63, 3.8) is 0 Å². The maximum Gasteiger partial charge on any atom is 0.433 e. The minimum atomic E-state index is -4.67. The van der Waals surface area contributed by atoms with Gasteiger partial charge in [-0.1, -0.05) is 18.2 Å². The summed E-state index contributed by atoms with van der Waals surface area (Å²) in [7, 11) is 1.27. The molecule has 0 radical (unpaired) electrons. The molecule has 0 N–H and O–H groups in total. The molecule has 9 heteroatoms. The van der Waals surface area contributed by atoms with E-state index in [0.717, 1.165) is 26.8 Å². The lowest BCUT2D eigenvalue weighted by atomic mass is 10.2. The Balaban J connectivity index is 1.96. The van der Waals surface area contributed by atoms with Gasteiger partial charge in [-0.2, -0.15) is 13.2 Å². The van der Waals surface area contributed by atoms with Crippen LogP contribution in [0.4, 0.5) is 13.2 Å². The number of pyridine rings is 1. The zero-order chi connectivity index (χ0) is 19.8. The number of alkyl halides is 3. The van der Waals surface area contributed by atoms with E-state index < -0.39 is 23.1 Å². The number of aryl methyl sites for hydroxylation is 2. The van der Waals surface area contributed by atoms with Gasteiger partial charge in [-0.25, -0.2) is 9.78 Å². The first-order valence-electron chi connectivity index (χ1n) is 8.06. The second-order valence-electron chi connectivity index (χ2n) is 5.98. The maximum absolute atomic E-state index is 12.8. The Morgan fingerprint density at radius 3 is 2.48 bits per heavy atom. The van der Waals surface area contributed by atoms with Gasteiger partial charge in [0.15, 0.2) is 0 Å². The summed E-state index contributed by atoms with van der Waals surface area (Å²) in [6, 6.07) is 9.04. The van der Waals surface area contributed by atoms with E-state index in [1.165, 1.54) is 7.05 Å². The molecule has 0 unspecified atom stereocenters. The Hall–Kier alpha value is -3.10. The molecule has 0 saturated heterocycles. The zero-order valence-electron chi connectivity index (χ0n) is 14.6. The first-order valence-corrected chi connectivity index (χ1v) is 8.06. The lowest BCUT2D eigenvalue weighted by Crippen LogP contribution is -2.40. The van der Waals surface area contributed by atoms with Crippen LogP contribution in [0, 0.1) is 6.92 Å². The van der Waals surface area contributed by atoms with Crippen molar-refractivity contribution in [2.75, 3.05) is 6.61 Å². The summed E-state index contributed by atoms with van der Waals surface area (Å²) in [4.78, 5) is 28.4. The molecular formula is C18H16F3N3O3. The summed E-state index contributed by atoms with van der Waals surface area (Å²) >= 11 is 0. The van der Waals surface area contributed by atoms with Gasteiger partial charge in [0.1, 0.15) is 23.7 Å². The fourth-order valence-electron chi connectivity index (χ4n) is 2.70. The van der Waals surface area contributed by atoms with E-state index in [1.807, 2.05) is 19.1 Å². The molecule has 0 atom stereocenters. The van der Waals surface area contributed by atoms with Gasteiger partial charge in [-0.05, 0) is 30.7 Å². The van der Waals surface area contributed by atoms with Crippen LogP contribution in [0.25, 0.3) is 11.0 Å². The molecule has 0 aliphatic heterocycles. The molecule has 1 aromatic carbocycles. The molecule has 0 saturated carbocycles. The highest BCUT2D eigenvalue weighted by molar-refractivity contribution is 5.74. The summed E-state index contributed by atoms with van der Waals surface area (Å²) in [6.07, 6.45) is -4.67. The molecule has 2 aromatic heterocycles. The quantitative estimate of drug-likeness (QED) is 0.699. The van der Waals surface area contributed by atoms with Gasteiger partial charge >= 0.3 is 11.9 Å². The van der Waals surface area contributed by atoms with Gasteiger partial charge in [-0.15, -0.1) is 0 Å². The van der Waals surface area contributed by atoms with Gasteiger partial charge in [-0.3, -0.25) is 13.9 Å². The Morgan fingerprint density at radius 1 is 1.11 bits per heavy atom. The third-order valence-corrected chi connectivity index (χ3v) is 4.14. The summed E-state index contributed by atoms with van der Waals surface area (Å²) in [6.45, 7) is 1.87. The van der Waals surface area contributed by atoms with Crippen LogP contribution in [0.2, 0.25) is 0 Å². The van der Waals surface area contributed by atoms with E-state index in [4.69, 9.17) is 4.74 Å². The fourth-order valence-corrected chi connectivity index (χ4v) is 2.70. The van der Waals surface area contributed by atoms with Crippen LogP contribution in [0.5, 0.6) is 5.75 Å². The minimum absolute atomic E-state index is 0.0448. The van der Waals surface area contributed by atoms with Gasteiger partial charge in [0.05, 0.1) is 11.9 Å². The highest BCUT2D eigenvalue weighted by atomic mass is 19.4. The number of hydrogen-bond donors (Lipinski definition) is 0. The Bertz CT molecular complexity index is 1120. The van der Waals surface area contributed by atoms with Crippen LogP contribution >= 0.6 is 0 Å². The lowest BCUT2D eigenvalue weighted by molar-refractivity contribution is -0.141. The highest BCUT2D eigenvalue weighted by Crippen LogP contribution is 2.28. The molecule has 0 bridgehead atoms. The Labute approximate surface area is 151 Å². The van der Waals surface area contributed by atoms with Crippen molar-refractivity contribution in [2.45, 2.75) is 19.6 Å². The average molecular weight is 379 g/mol. The monoisotopic (exact) mass is 379 g/mol. The summed E-state index contributed by atoms with van der Waals surface area (Å²) in [5.74, 6) is 0.625. The summed E-state index contributed by atoms with van der Waals surface area (Å²) < 4.78 is 46.0. The van der Waals surface area contributed by atoms with Crippen molar-refractivity contribution in [3.05, 3.63) is 68.5 Å². The van der Waals surface area contributed by atoms with E-state index in [-0.39, 0.29) is 24.2 Å². The number of para-hydroxylation sites is 1. The third kappa shape index (κ3) is 3.57. The highest BCUT2D eigenvalue weighted by Gasteiger charge is 2.33. The van der Waals surface area contributed by atoms with Crippen molar-refractivity contribution in [2.24, 2.45) is 7.05 Å². The molecule has 2 heterocycles. The molecule has 3 aromatic rings. The molecule has 6 nitrogen and oxygen atoms in total. The van der Waals surface area contributed by atoms with Gasteiger partial charge in [0.2, 0.25) is 0 Å². The first kappa shape index (κ1) is 18.7. The fraction of sp³-hybridized carbons (Fsp3) is 0.278. The minimum Gasteiger partial charge on any atom is -0.491 e. The van der Waals surface area contributed by atoms with E-state index in [2.05, 4.69) is 4.98 Å². The number of hydrogen-bond acceptors (Lipinski definition) is 4. The molecule has 3 rings (SSSR count). The van der Waals surface area contributed by atoms with Crippen molar-refractivity contribution >= 4 is 11.0 Å². The molecule has 0 amide bonds. The van der Waals surface area contributed by atoms with Crippen LogP contribution in [0.3, 0.4) is 0 Å². The largest absolute Gasteiger partial charge is 0.491 e. The van der Waals surface area contributed by atoms with Crippen molar-refractivity contribution in [1.29, 1.82) is 0 Å². The molecule has 0 spiro atoms. The van der Waals surface area contributed by atoms with Gasteiger partial charge in [0.25, 0.3) is 5.56 Å². The van der Waals surface area contributed by atoms with Crippen molar-refractivity contribution in [1.82, 2.24) is 14.1 Å². The van der Waals surface area contributed by atoms with Crippen LogP contribution in [0.1, 0.15) is 11.3 Å². The number of benzene rings is 1. The lowest BCUT2D eigenvalue weighted by Gasteiger charge is -2.13. The normalized spacial score (nSPS) is 11.7. The Kier molecular flexibility index (Phi) is 4.77. The number of rotatable bonds is 4. The number of halogens is 3. The predicted molar refractivity (Wildman–Crippen MR) is 92.9 cm³/mol. The topological polar surface area (TPSA) is 66.1 Å². The van der Waals surface area contributed by atoms with Crippen LogP contribution in [0.15, 0.2) is 46.0 Å². The first-order chi connectivity index (χ1) is 12.7. The summed E-state index contributed by atoms with van der Waals surface area (Å²) in [5, 5.41) is -0.0685. The van der Waals surface area contributed by atoms with E-state index in [9.17, 15) is 22.8 Å². The van der Waals surface area contributed by atoms with E-state index in [1.54, 1.807) is 12.1 Å². The molecule has 0 fully saturated rings. The molecular weight excluding hydrogens is 363 g/mol. The van der Waals surface area contributed by atoms with Crippen LogP contribution in [-0.2, 0) is 19.8 Å². The SMILES string of the molecule is Cc1ccccc1OCCn1c(=O)c2ccc(C(F)(F)F)nc2n(C)c1=O. The van der Waals surface area contributed by atoms with Crippen molar-refractivity contribution in [3.8, 4) is 5.75 Å². The third-order valence-electron chi connectivity index (χ3n) is 4.14. The van der Waals surface area contributed by atoms with E-state index in [0.29, 0.717) is 5.75 Å². The van der Waals surface area contributed by atoms with Crippen LogP contribution < -0.4 is 16.0 Å². The number of nitrogens with zero attached hydrogens (tertiary/aromatic N) is 3.